The van der Waals surface area contributed by atoms with Gasteiger partial charge in [0.15, 0.2) is 0 Å². The molecule has 24 heavy (non-hydrogen) atoms. The second-order valence-corrected chi connectivity index (χ2v) is 7.05. The fourth-order valence-corrected chi connectivity index (χ4v) is 3.39. The maximum absolute atomic E-state index is 12.1. The van der Waals surface area contributed by atoms with Crippen LogP contribution in [-0.2, 0) is 11.2 Å². The molecule has 0 aromatic heterocycles. The van der Waals surface area contributed by atoms with Crippen LogP contribution in [0.15, 0.2) is 53.0 Å². The monoisotopic (exact) mass is 387 g/mol. The summed E-state index contributed by atoms with van der Waals surface area (Å²) >= 11 is 3.44. The van der Waals surface area contributed by atoms with Gasteiger partial charge in [0.2, 0.25) is 5.91 Å². The summed E-state index contributed by atoms with van der Waals surface area (Å²) in [5, 5.41) is 2.94. The Morgan fingerprint density at radius 2 is 1.92 bits per heavy atom. The summed E-state index contributed by atoms with van der Waals surface area (Å²) in [4.78, 5) is 12.1. The van der Waals surface area contributed by atoms with E-state index in [0.717, 1.165) is 34.3 Å². The van der Waals surface area contributed by atoms with Gasteiger partial charge >= 0.3 is 0 Å². The molecule has 0 unspecified atom stereocenters. The molecule has 0 radical (unpaired) electrons. The largest absolute Gasteiger partial charge is 0.490 e. The Morgan fingerprint density at radius 1 is 1.12 bits per heavy atom. The first-order valence-corrected chi connectivity index (χ1v) is 9.30. The van der Waals surface area contributed by atoms with Crippen molar-refractivity contribution in [2.75, 3.05) is 5.32 Å². The average Bonchev–Trinajstić information content (AvgIpc) is 3.08. The van der Waals surface area contributed by atoms with Gasteiger partial charge in [-0.2, -0.15) is 0 Å². The van der Waals surface area contributed by atoms with Crippen molar-refractivity contribution in [3.8, 4) is 5.75 Å². The first-order chi connectivity index (χ1) is 11.7. The quantitative estimate of drug-likeness (QED) is 0.725. The Hall–Kier alpha value is -1.81. The lowest BCUT2D eigenvalue weighted by molar-refractivity contribution is -0.116. The second kappa shape index (κ2) is 8.34. The Balaban J connectivity index is 1.52. The van der Waals surface area contributed by atoms with Gasteiger partial charge in [-0.15, -0.1) is 0 Å². The molecule has 1 saturated carbocycles. The van der Waals surface area contributed by atoms with Crippen LogP contribution >= 0.6 is 15.9 Å². The third-order valence-electron chi connectivity index (χ3n) is 4.29. The third kappa shape index (κ3) is 4.84. The van der Waals surface area contributed by atoms with Gasteiger partial charge in [-0.1, -0.05) is 24.3 Å². The predicted molar refractivity (Wildman–Crippen MR) is 100 cm³/mol. The van der Waals surface area contributed by atoms with Crippen LogP contribution in [0, 0.1) is 0 Å². The highest BCUT2D eigenvalue weighted by Gasteiger charge is 2.16. The molecule has 0 heterocycles. The summed E-state index contributed by atoms with van der Waals surface area (Å²) in [5.74, 6) is 0.939. The summed E-state index contributed by atoms with van der Waals surface area (Å²) in [5.41, 5.74) is 1.94. The molecule has 0 atom stereocenters. The van der Waals surface area contributed by atoms with Crippen LogP contribution < -0.4 is 10.1 Å². The number of anilines is 1. The van der Waals surface area contributed by atoms with Crippen molar-refractivity contribution in [3.05, 3.63) is 58.6 Å². The van der Waals surface area contributed by atoms with Crippen molar-refractivity contribution in [2.45, 2.75) is 44.6 Å². The lowest BCUT2D eigenvalue weighted by Gasteiger charge is -2.14. The zero-order chi connectivity index (χ0) is 16.8. The predicted octanol–water partition coefficient (Wildman–Crippen LogP) is 5.34. The fraction of sp³-hybridized carbons (Fsp3) is 0.350. The second-order valence-electron chi connectivity index (χ2n) is 6.20. The molecule has 0 spiro atoms. The molecule has 126 valence electrons. The number of carbonyl (C=O) groups excluding carboxylic acids is 1. The Labute approximate surface area is 151 Å². The Bertz CT molecular complexity index is 696. The molecular formula is C20H22BrNO2. The van der Waals surface area contributed by atoms with Gasteiger partial charge in [-0.3, -0.25) is 4.79 Å². The van der Waals surface area contributed by atoms with Gasteiger partial charge in [-0.25, -0.2) is 0 Å². The molecule has 1 amide bonds. The maximum atomic E-state index is 12.1. The molecule has 3 rings (SSSR count). The summed E-state index contributed by atoms with van der Waals surface area (Å²) in [7, 11) is 0. The molecule has 4 heteroatoms. The molecule has 2 aromatic carbocycles. The van der Waals surface area contributed by atoms with Crippen molar-refractivity contribution >= 4 is 27.5 Å². The van der Waals surface area contributed by atoms with Gasteiger partial charge in [0.25, 0.3) is 0 Å². The highest BCUT2D eigenvalue weighted by atomic mass is 79.9. The van der Waals surface area contributed by atoms with E-state index < -0.39 is 0 Å². The van der Waals surface area contributed by atoms with Crippen LogP contribution in [0.2, 0.25) is 0 Å². The number of amides is 1. The van der Waals surface area contributed by atoms with Crippen LogP contribution in [-0.4, -0.2) is 12.0 Å². The minimum atomic E-state index is 0.0176. The molecule has 3 nitrogen and oxygen atoms in total. The number of rotatable bonds is 6. The number of ether oxygens (including phenoxy) is 1. The van der Waals surface area contributed by atoms with E-state index in [1.807, 2.05) is 42.5 Å². The van der Waals surface area contributed by atoms with E-state index >= 15 is 0 Å². The molecule has 1 fully saturated rings. The molecule has 0 bridgehead atoms. The van der Waals surface area contributed by atoms with Gasteiger partial charge in [-0.05, 0) is 77.9 Å². The Kier molecular flexibility index (Phi) is 5.91. The van der Waals surface area contributed by atoms with E-state index in [9.17, 15) is 4.79 Å². The molecule has 1 aliphatic rings. The summed E-state index contributed by atoms with van der Waals surface area (Å²) < 4.78 is 6.92. The van der Waals surface area contributed by atoms with E-state index in [1.165, 1.54) is 12.8 Å². The molecule has 1 N–H and O–H groups in total. The number of nitrogens with one attached hydrogen (secondary N) is 1. The maximum Gasteiger partial charge on any atom is 0.224 e. The topological polar surface area (TPSA) is 38.3 Å². The zero-order valence-electron chi connectivity index (χ0n) is 13.6. The fourth-order valence-electron chi connectivity index (χ4n) is 3.01. The number of hydrogen-bond donors (Lipinski definition) is 1. The molecule has 1 aliphatic carbocycles. The van der Waals surface area contributed by atoms with Crippen LogP contribution in [0.25, 0.3) is 0 Å². The lowest BCUT2D eigenvalue weighted by atomic mass is 10.1. The van der Waals surface area contributed by atoms with Crippen molar-refractivity contribution in [2.24, 2.45) is 0 Å². The normalized spacial score (nSPS) is 14.5. The average molecular weight is 388 g/mol. The smallest absolute Gasteiger partial charge is 0.224 e. The summed E-state index contributed by atoms with van der Waals surface area (Å²) in [6.45, 7) is 0. The Morgan fingerprint density at radius 3 is 2.71 bits per heavy atom. The third-order valence-corrected chi connectivity index (χ3v) is 4.98. The van der Waals surface area contributed by atoms with E-state index in [0.29, 0.717) is 18.9 Å². The van der Waals surface area contributed by atoms with Crippen molar-refractivity contribution < 1.29 is 9.53 Å². The first kappa shape index (κ1) is 17.0. The number of halogens is 1. The van der Waals surface area contributed by atoms with Crippen LogP contribution in [0.4, 0.5) is 5.69 Å². The van der Waals surface area contributed by atoms with E-state index in [4.69, 9.17) is 4.74 Å². The number of benzene rings is 2. The minimum Gasteiger partial charge on any atom is -0.490 e. The van der Waals surface area contributed by atoms with Crippen molar-refractivity contribution in [1.29, 1.82) is 0 Å². The van der Waals surface area contributed by atoms with Gasteiger partial charge in [0.1, 0.15) is 5.75 Å². The van der Waals surface area contributed by atoms with Crippen molar-refractivity contribution in [3.63, 3.8) is 0 Å². The highest BCUT2D eigenvalue weighted by Crippen LogP contribution is 2.25. The summed E-state index contributed by atoms with van der Waals surface area (Å²) in [6.07, 6.45) is 6.35. The molecule has 2 aromatic rings. The number of aryl methyl sites for hydroxylation is 1. The van der Waals surface area contributed by atoms with Crippen LogP contribution in [0.5, 0.6) is 5.75 Å². The van der Waals surface area contributed by atoms with E-state index in [-0.39, 0.29) is 5.91 Å². The van der Waals surface area contributed by atoms with E-state index in [1.54, 1.807) is 0 Å². The summed E-state index contributed by atoms with van der Waals surface area (Å²) in [6, 6.07) is 15.8. The first-order valence-electron chi connectivity index (χ1n) is 8.51. The van der Waals surface area contributed by atoms with E-state index in [2.05, 4.69) is 27.3 Å². The van der Waals surface area contributed by atoms with Crippen LogP contribution in [0.3, 0.4) is 0 Å². The minimum absolute atomic E-state index is 0.0176. The van der Waals surface area contributed by atoms with Gasteiger partial charge < -0.3 is 10.1 Å². The molecule has 0 saturated heterocycles. The molecular weight excluding hydrogens is 366 g/mol. The lowest BCUT2D eigenvalue weighted by Crippen LogP contribution is -2.13. The van der Waals surface area contributed by atoms with Gasteiger partial charge in [0, 0.05) is 10.9 Å². The zero-order valence-corrected chi connectivity index (χ0v) is 15.2. The number of carbonyl (C=O) groups is 1. The van der Waals surface area contributed by atoms with Gasteiger partial charge in [0.05, 0.1) is 11.8 Å². The van der Waals surface area contributed by atoms with Crippen molar-refractivity contribution in [1.82, 2.24) is 0 Å². The standard InChI is InChI=1S/C20H22BrNO2/c21-18-10-3-4-11-19(18)22-20(23)13-12-15-6-5-9-17(14-15)24-16-7-1-2-8-16/h3-6,9-11,14,16H,1-2,7-8,12-13H2,(H,22,23). The SMILES string of the molecule is O=C(CCc1cccc(OC2CCCC2)c1)Nc1ccccc1Br. The highest BCUT2D eigenvalue weighted by molar-refractivity contribution is 9.10. The number of para-hydroxylation sites is 1. The number of hydrogen-bond acceptors (Lipinski definition) is 2. The van der Waals surface area contributed by atoms with Crippen LogP contribution in [0.1, 0.15) is 37.7 Å². The molecule has 0 aliphatic heterocycles.